The Hall–Kier alpha value is -1.63. The molecule has 2 aliphatic rings. The summed E-state index contributed by atoms with van der Waals surface area (Å²) in [5, 5.41) is 14.6. The van der Waals surface area contributed by atoms with Crippen LogP contribution in [0.15, 0.2) is 0 Å². The number of hydrogen-bond acceptors (Lipinski definition) is 4. The van der Waals surface area contributed by atoms with Gasteiger partial charge in [-0.25, -0.2) is 4.79 Å². The summed E-state index contributed by atoms with van der Waals surface area (Å²) in [4.78, 5) is 12.2. The van der Waals surface area contributed by atoms with Gasteiger partial charge in [0, 0.05) is 44.5 Å². The molecule has 7 heteroatoms. The Morgan fingerprint density at radius 3 is 2.80 bits per heavy atom. The van der Waals surface area contributed by atoms with Gasteiger partial charge in [0.25, 0.3) is 0 Å². The Morgan fingerprint density at radius 2 is 2.08 bits per heavy atom. The number of ether oxygens (including phenoxy) is 1. The van der Waals surface area contributed by atoms with Crippen LogP contribution in [0.25, 0.3) is 0 Å². The van der Waals surface area contributed by atoms with E-state index in [-0.39, 0.29) is 23.1 Å². The zero-order valence-electron chi connectivity index (χ0n) is 15.9. The summed E-state index contributed by atoms with van der Waals surface area (Å²) in [5.74, 6) is 2.07. The molecule has 1 aromatic heterocycles. The third kappa shape index (κ3) is 3.38. The largest absolute Gasteiger partial charge is 0.378 e. The number of rotatable bonds is 5. The number of nitrogens with zero attached hydrogens (tertiary/aromatic N) is 3. The molecule has 2 atom stereocenters. The molecule has 0 radical (unpaired) electrons. The minimum atomic E-state index is -0.177. The smallest absolute Gasteiger partial charge is 0.315 e. The summed E-state index contributed by atoms with van der Waals surface area (Å²) < 4.78 is 7.83. The lowest BCUT2D eigenvalue weighted by atomic mass is 9.56. The van der Waals surface area contributed by atoms with E-state index in [0.717, 1.165) is 31.0 Å². The molecule has 3 rings (SSSR count). The van der Waals surface area contributed by atoms with Gasteiger partial charge in [-0.15, -0.1) is 10.2 Å². The molecule has 1 fully saturated rings. The number of methoxy groups -OCH3 is 1. The van der Waals surface area contributed by atoms with Gasteiger partial charge in [-0.05, 0) is 26.2 Å². The van der Waals surface area contributed by atoms with Gasteiger partial charge in [0.05, 0.1) is 5.60 Å². The number of hydrogen-bond donors (Lipinski definition) is 2. The van der Waals surface area contributed by atoms with Crippen LogP contribution in [0.1, 0.15) is 58.1 Å². The zero-order chi connectivity index (χ0) is 18.1. The summed E-state index contributed by atoms with van der Waals surface area (Å²) >= 11 is 0. The van der Waals surface area contributed by atoms with Gasteiger partial charge >= 0.3 is 6.03 Å². The van der Waals surface area contributed by atoms with Crippen molar-refractivity contribution in [3.63, 3.8) is 0 Å². The molecule has 2 heterocycles. The van der Waals surface area contributed by atoms with E-state index in [0.29, 0.717) is 13.0 Å². The predicted octanol–water partition coefficient (Wildman–Crippen LogP) is 2.05. The Labute approximate surface area is 149 Å². The molecule has 25 heavy (non-hydrogen) atoms. The number of aryl methyl sites for hydroxylation is 1. The van der Waals surface area contributed by atoms with Gasteiger partial charge in [0.1, 0.15) is 11.6 Å². The highest BCUT2D eigenvalue weighted by Gasteiger charge is 2.58. The number of amides is 2. The van der Waals surface area contributed by atoms with E-state index in [2.05, 4.69) is 46.2 Å². The molecule has 1 aliphatic heterocycles. The van der Waals surface area contributed by atoms with Crippen molar-refractivity contribution in [2.24, 2.45) is 5.41 Å². The maximum absolute atomic E-state index is 12.2. The average Bonchev–Trinajstić information content (AvgIpc) is 2.81. The maximum Gasteiger partial charge on any atom is 0.315 e. The van der Waals surface area contributed by atoms with E-state index in [1.807, 2.05) is 0 Å². The van der Waals surface area contributed by atoms with Crippen LogP contribution in [0.2, 0.25) is 0 Å². The second-order valence-electron chi connectivity index (χ2n) is 8.06. The molecule has 0 bridgehead atoms. The summed E-state index contributed by atoms with van der Waals surface area (Å²) in [7, 11) is 1.74. The van der Waals surface area contributed by atoms with Crippen LogP contribution in [0.5, 0.6) is 0 Å². The fraction of sp³-hybridized carbons (Fsp3) is 0.833. The topological polar surface area (TPSA) is 81.1 Å². The number of fused-ring (bicyclic) bond motifs is 1. The Bertz CT molecular complexity index is 627. The van der Waals surface area contributed by atoms with Crippen molar-refractivity contribution in [1.29, 1.82) is 0 Å². The second-order valence-corrected chi connectivity index (χ2v) is 8.06. The number of aromatic nitrogens is 3. The highest BCUT2D eigenvalue weighted by atomic mass is 16.5. The molecule has 0 unspecified atom stereocenters. The van der Waals surface area contributed by atoms with Crippen molar-refractivity contribution >= 4 is 6.03 Å². The van der Waals surface area contributed by atoms with Crippen molar-refractivity contribution in [2.75, 3.05) is 13.7 Å². The Kier molecular flexibility index (Phi) is 5.04. The van der Waals surface area contributed by atoms with E-state index in [1.54, 1.807) is 7.11 Å². The van der Waals surface area contributed by atoms with Crippen LogP contribution in [0, 0.1) is 5.41 Å². The van der Waals surface area contributed by atoms with Gasteiger partial charge in [-0.3, -0.25) is 0 Å². The molecule has 2 N–H and O–H groups in total. The van der Waals surface area contributed by atoms with Crippen molar-refractivity contribution < 1.29 is 9.53 Å². The van der Waals surface area contributed by atoms with Gasteiger partial charge < -0.3 is 19.9 Å². The molecule has 140 valence electrons. The SMILES string of the molecule is CO[C@@]1(C)C[C@@H](NC(=O)NCCc2nnc3n2CCCCC3)C1(C)C. The first-order valence-electron chi connectivity index (χ1n) is 9.38. The van der Waals surface area contributed by atoms with Crippen molar-refractivity contribution in [1.82, 2.24) is 25.4 Å². The lowest BCUT2D eigenvalue weighted by Crippen LogP contribution is -2.69. The fourth-order valence-corrected chi connectivity index (χ4v) is 3.95. The van der Waals surface area contributed by atoms with Crippen LogP contribution in [0.4, 0.5) is 4.79 Å². The zero-order valence-corrected chi connectivity index (χ0v) is 15.9. The van der Waals surface area contributed by atoms with Crippen LogP contribution in [0.3, 0.4) is 0 Å². The molecule has 0 saturated heterocycles. The third-order valence-electron chi connectivity index (χ3n) is 6.40. The quantitative estimate of drug-likeness (QED) is 0.852. The Balaban J connectivity index is 1.46. The molecular weight excluding hydrogens is 318 g/mol. The van der Waals surface area contributed by atoms with E-state index >= 15 is 0 Å². The van der Waals surface area contributed by atoms with Gasteiger partial charge in [-0.1, -0.05) is 20.3 Å². The predicted molar refractivity (Wildman–Crippen MR) is 95.4 cm³/mol. The second kappa shape index (κ2) is 6.94. The standard InChI is InChI=1S/C18H31N5O2/c1-17(2)13(12-18(17,3)25-4)20-16(24)19-10-9-15-22-21-14-8-6-5-7-11-23(14)15/h13H,5-12H2,1-4H3,(H2,19,20,24)/t13-,18+/m1/s1. The van der Waals surface area contributed by atoms with E-state index in [1.165, 1.54) is 19.3 Å². The summed E-state index contributed by atoms with van der Waals surface area (Å²) in [6.07, 6.45) is 6.18. The number of urea groups is 1. The lowest BCUT2D eigenvalue weighted by Gasteiger charge is -2.59. The first-order chi connectivity index (χ1) is 11.9. The normalized spacial score (nSPS) is 27.8. The maximum atomic E-state index is 12.2. The summed E-state index contributed by atoms with van der Waals surface area (Å²) in [5.41, 5.74) is -0.256. The van der Waals surface area contributed by atoms with E-state index < -0.39 is 0 Å². The molecule has 0 spiro atoms. The average molecular weight is 349 g/mol. The van der Waals surface area contributed by atoms with Gasteiger partial charge in [-0.2, -0.15) is 0 Å². The fourth-order valence-electron chi connectivity index (χ4n) is 3.95. The Morgan fingerprint density at radius 1 is 1.28 bits per heavy atom. The molecule has 7 nitrogen and oxygen atoms in total. The lowest BCUT2D eigenvalue weighted by molar-refractivity contribution is -0.177. The van der Waals surface area contributed by atoms with Crippen LogP contribution in [-0.2, 0) is 24.1 Å². The van der Waals surface area contributed by atoms with Gasteiger partial charge in [0.2, 0.25) is 0 Å². The van der Waals surface area contributed by atoms with Crippen LogP contribution in [-0.4, -0.2) is 46.1 Å². The molecule has 1 aliphatic carbocycles. The first-order valence-corrected chi connectivity index (χ1v) is 9.38. The number of carbonyl (C=O) groups is 1. The summed E-state index contributed by atoms with van der Waals surface area (Å²) in [6.45, 7) is 7.93. The highest BCUT2D eigenvalue weighted by Crippen LogP contribution is 2.51. The number of carbonyl (C=O) groups excluding carboxylic acids is 1. The van der Waals surface area contributed by atoms with Crippen LogP contribution >= 0.6 is 0 Å². The number of nitrogens with one attached hydrogen (secondary N) is 2. The van der Waals surface area contributed by atoms with Crippen molar-refractivity contribution in [3.05, 3.63) is 11.6 Å². The van der Waals surface area contributed by atoms with Crippen LogP contribution < -0.4 is 10.6 Å². The molecule has 1 aromatic rings. The monoisotopic (exact) mass is 349 g/mol. The van der Waals surface area contributed by atoms with Crippen molar-refractivity contribution in [2.45, 2.75) is 77.5 Å². The van der Waals surface area contributed by atoms with E-state index in [9.17, 15) is 4.79 Å². The molecule has 1 saturated carbocycles. The minimum absolute atomic E-state index is 0.0799. The van der Waals surface area contributed by atoms with Gasteiger partial charge in [0.15, 0.2) is 0 Å². The van der Waals surface area contributed by atoms with E-state index in [4.69, 9.17) is 4.74 Å². The first kappa shape index (κ1) is 18.2. The third-order valence-corrected chi connectivity index (χ3v) is 6.40. The molecular formula is C18H31N5O2. The molecule has 0 aromatic carbocycles. The summed E-state index contributed by atoms with van der Waals surface area (Å²) in [6, 6.07) is 0.00801. The van der Waals surface area contributed by atoms with Crippen molar-refractivity contribution in [3.8, 4) is 0 Å². The molecule has 2 amide bonds. The highest BCUT2D eigenvalue weighted by molar-refractivity contribution is 5.74. The minimum Gasteiger partial charge on any atom is -0.378 e.